The fraction of sp³-hybridized carbons (Fsp3) is 0.259. The fourth-order valence-corrected chi connectivity index (χ4v) is 6.02. The maximum atomic E-state index is 13.6. The van der Waals surface area contributed by atoms with E-state index in [1.165, 1.54) is 12.1 Å². The van der Waals surface area contributed by atoms with E-state index in [-0.39, 0.29) is 10.8 Å². The van der Waals surface area contributed by atoms with E-state index in [1.54, 1.807) is 60.4 Å². The fourth-order valence-electron chi connectivity index (χ4n) is 4.31. The van der Waals surface area contributed by atoms with Crippen LogP contribution in [0.3, 0.4) is 0 Å². The summed E-state index contributed by atoms with van der Waals surface area (Å²) in [6.45, 7) is 5.75. The van der Waals surface area contributed by atoms with Crippen LogP contribution in [0, 0.1) is 20.8 Å². The molecule has 1 N–H and O–H groups in total. The molecule has 1 saturated heterocycles. The SMILES string of the molecule is Cc1ccc(S(=O)(=O)N(CC(=O)Nc2ccc(N3CCCC3=O)c(C)c2)c2ccc(Cl)cc2C)cc1. The van der Waals surface area contributed by atoms with E-state index < -0.39 is 22.5 Å². The number of nitrogens with one attached hydrogen (secondary N) is 1. The first kappa shape index (κ1) is 25.7. The summed E-state index contributed by atoms with van der Waals surface area (Å²) in [6, 6.07) is 16.7. The molecule has 3 aromatic rings. The van der Waals surface area contributed by atoms with Crippen molar-refractivity contribution in [1.82, 2.24) is 0 Å². The molecule has 188 valence electrons. The number of hydrogen-bond acceptors (Lipinski definition) is 4. The lowest BCUT2D eigenvalue weighted by Crippen LogP contribution is -2.38. The van der Waals surface area contributed by atoms with Gasteiger partial charge in [0.2, 0.25) is 11.8 Å². The normalized spacial score (nSPS) is 13.7. The summed E-state index contributed by atoms with van der Waals surface area (Å²) in [5.41, 5.74) is 4.11. The van der Waals surface area contributed by atoms with E-state index in [0.29, 0.717) is 34.9 Å². The third-order valence-corrected chi connectivity index (χ3v) is 8.18. The van der Waals surface area contributed by atoms with E-state index >= 15 is 0 Å². The number of aryl methyl sites for hydroxylation is 3. The average Bonchev–Trinajstić information content (AvgIpc) is 3.24. The summed E-state index contributed by atoms with van der Waals surface area (Å²) in [6.07, 6.45) is 1.36. The molecule has 7 nitrogen and oxygen atoms in total. The van der Waals surface area contributed by atoms with E-state index in [0.717, 1.165) is 27.5 Å². The summed E-state index contributed by atoms with van der Waals surface area (Å²) in [5.74, 6) is -0.408. The molecular weight excluding hydrogens is 498 g/mol. The van der Waals surface area contributed by atoms with Gasteiger partial charge in [0, 0.05) is 29.4 Å². The average molecular weight is 526 g/mol. The van der Waals surface area contributed by atoms with Crippen LogP contribution in [0.5, 0.6) is 0 Å². The van der Waals surface area contributed by atoms with E-state index in [2.05, 4.69) is 5.32 Å². The number of nitrogens with zero attached hydrogens (tertiary/aromatic N) is 2. The van der Waals surface area contributed by atoms with E-state index in [1.807, 2.05) is 13.8 Å². The predicted molar refractivity (Wildman–Crippen MR) is 143 cm³/mol. The van der Waals surface area contributed by atoms with Gasteiger partial charge in [-0.25, -0.2) is 8.42 Å². The number of carbonyl (C=O) groups excluding carboxylic acids is 2. The Morgan fingerprint density at radius 1 is 1.00 bits per heavy atom. The number of carbonyl (C=O) groups is 2. The van der Waals surface area contributed by atoms with Gasteiger partial charge in [0.15, 0.2) is 0 Å². The Labute approximate surface area is 216 Å². The van der Waals surface area contributed by atoms with Gasteiger partial charge in [-0.2, -0.15) is 0 Å². The van der Waals surface area contributed by atoms with Gasteiger partial charge in [0.05, 0.1) is 10.6 Å². The zero-order valence-corrected chi connectivity index (χ0v) is 22.0. The zero-order valence-electron chi connectivity index (χ0n) is 20.4. The van der Waals surface area contributed by atoms with Crippen LogP contribution in [-0.2, 0) is 19.6 Å². The Hall–Kier alpha value is -3.36. The highest BCUT2D eigenvalue weighted by Crippen LogP contribution is 2.30. The minimum Gasteiger partial charge on any atom is -0.325 e. The third-order valence-electron chi connectivity index (χ3n) is 6.17. The Kier molecular flexibility index (Phi) is 7.38. The predicted octanol–water partition coefficient (Wildman–Crippen LogP) is 5.23. The standard InChI is InChI=1S/C27H28ClN3O4S/c1-18-6-10-23(11-7-18)36(34,35)31(25-12-8-21(28)15-19(25)2)17-26(32)29-22-9-13-24(20(3)16-22)30-14-4-5-27(30)33/h6-13,15-16H,4-5,14,17H2,1-3H3,(H,29,32). The first-order valence-corrected chi connectivity index (χ1v) is 13.4. The molecule has 0 atom stereocenters. The highest BCUT2D eigenvalue weighted by atomic mass is 35.5. The summed E-state index contributed by atoms with van der Waals surface area (Å²) < 4.78 is 28.3. The summed E-state index contributed by atoms with van der Waals surface area (Å²) >= 11 is 6.10. The van der Waals surface area contributed by atoms with Crippen molar-refractivity contribution in [1.29, 1.82) is 0 Å². The lowest BCUT2D eigenvalue weighted by molar-refractivity contribution is -0.117. The van der Waals surface area contributed by atoms with Gasteiger partial charge in [-0.1, -0.05) is 29.3 Å². The van der Waals surface area contributed by atoms with Crippen LogP contribution in [-0.4, -0.2) is 33.3 Å². The Morgan fingerprint density at radius 2 is 1.72 bits per heavy atom. The van der Waals surface area contributed by atoms with Gasteiger partial charge < -0.3 is 10.2 Å². The number of sulfonamides is 1. The van der Waals surface area contributed by atoms with Crippen molar-refractivity contribution in [3.05, 3.63) is 82.4 Å². The van der Waals surface area contributed by atoms with Crippen molar-refractivity contribution in [2.45, 2.75) is 38.5 Å². The molecule has 3 aromatic carbocycles. The first-order valence-electron chi connectivity index (χ1n) is 11.6. The maximum absolute atomic E-state index is 13.6. The minimum atomic E-state index is -4.04. The summed E-state index contributed by atoms with van der Waals surface area (Å²) in [5, 5.41) is 3.27. The monoisotopic (exact) mass is 525 g/mol. The number of rotatable bonds is 7. The Bertz CT molecular complexity index is 1420. The molecule has 0 saturated carbocycles. The van der Waals surface area contributed by atoms with Crippen molar-refractivity contribution in [2.24, 2.45) is 0 Å². The molecule has 0 bridgehead atoms. The second kappa shape index (κ2) is 10.3. The number of amides is 2. The summed E-state index contributed by atoms with van der Waals surface area (Å²) in [4.78, 5) is 27.1. The smallest absolute Gasteiger partial charge is 0.264 e. The molecule has 0 unspecified atom stereocenters. The van der Waals surface area contributed by atoms with Crippen LogP contribution in [0.15, 0.2) is 65.6 Å². The van der Waals surface area contributed by atoms with Gasteiger partial charge in [0.25, 0.3) is 10.0 Å². The second-order valence-electron chi connectivity index (χ2n) is 8.95. The lowest BCUT2D eigenvalue weighted by atomic mass is 10.1. The molecule has 0 radical (unpaired) electrons. The van der Waals surface area contributed by atoms with Crippen LogP contribution >= 0.6 is 11.6 Å². The first-order chi connectivity index (χ1) is 17.1. The second-order valence-corrected chi connectivity index (χ2v) is 11.3. The maximum Gasteiger partial charge on any atom is 0.264 e. The van der Waals surface area contributed by atoms with Crippen molar-refractivity contribution < 1.29 is 18.0 Å². The number of hydrogen-bond donors (Lipinski definition) is 1. The van der Waals surface area contributed by atoms with Crippen molar-refractivity contribution in [3.8, 4) is 0 Å². The molecule has 9 heteroatoms. The van der Waals surface area contributed by atoms with Gasteiger partial charge in [0.1, 0.15) is 6.54 Å². The molecule has 1 aliphatic rings. The van der Waals surface area contributed by atoms with Crippen molar-refractivity contribution >= 4 is 50.5 Å². The zero-order chi connectivity index (χ0) is 26.0. The van der Waals surface area contributed by atoms with Crippen molar-refractivity contribution in [2.75, 3.05) is 27.6 Å². The van der Waals surface area contributed by atoms with Crippen LogP contribution in [0.2, 0.25) is 5.02 Å². The quantitative estimate of drug-likeness (QED) is 0.458. The highest BCUT2D eigenvalue weighted by molar-refractivity contribution is 7.92. The van der Waals surface area contributed by atoms with Crippen LogP contribution in [0.25, 0.3) is 0 Å². The van der Waals surface area contributed by atoms with Gasteiger partial charge >= 0.3 is 0 Å². The number of anilines is 3. The molecule has 1 fully saturated rings. The molecule has 1 aliphatic heterocycles. The molecule has 0 aliphatic carbocycles. The summed E-state index contributed by atoms with van der Waals surface area (Å²) in [7, 11) is -4.04. The molecule has 2 amide bonds. The third kappa shape index (κ3) is 5.39. The largest absolute Gasteiger partial charge is 0.325 e. The molecule has 36 heavy (non-hydrogen) atoms. The molecule has 0 aromatic heterocycles. The molecular formula is C27H28ClN3O4S. The topological polar surface area (TPSA) is 86.8 Å². The van der Waals surface area contributed by atoms with Gasteiger partial charge in [-0.3, -0.25) is 13.9 Å². The minimum absolute atomic E-state index is 0.0881. The Morgan fingerprint density at radius 3 is 2.33 bits per heavy atom. The Balaban J connectivity index is 1.61. The van der Waals surface area contributed by atoms with Crippen molar-refractivity contribution in [3.63, 3.8) is 0 Å². The number of halogens is 1. The molecule has 1 heterocycles. The number of benzene rings is 3. The van der Waals surface area contributed by atoms with E-state index in [4.69, 9.17) is 11.6 Å². The van der Waals surface area contributed by atoms with E-state index in [9.17, 15) is 18.0 Å². The van der Waals surface area contributed by atoms with Gasteiger partial charge in [-0.15, -0.1) is 0 Å². The van der Waals surface area contributed by atoms with Crippen LogP contribution in [0.4, 0.5) is 17.1 Å². The molecule has 0 spiro atoms. The van der Waals surface area contributed by atoms with Crippen LogP contribution in [0.1, 0.15) is 29.5 Å². The van der Waals surface area contributed by atoms with Crippen LogP contribution < -0.4 is 14.5 Å². The highest BCUT2D eigenvalue weighted by Gasteiger charge is 2.29. The lowest BCUT2D eigenvalue weighted by Gasteiger charge is -2.26. The molecule has 4 rings (SSSR count). The van der Waals surface area contributed by atoms with Gasteiger partial charge in [-0.05, 0) is 86.8 Å².